The minimum atomic E-state index is -0.470. The van der Waals surface area contributed by atoms with Crippen LogP contribution in [0.4, 0.5) is 4.79 Å². The van der Waals surface area contributed by atoms with Crippen LogP contribution in [0.25, 0.3) is 11.1 Å². The molecule has 7 nitrogen and oxygen atoms in total. The SMILES string of the molecule is COC(=O)N1CCCC1C(=O)NCc1ccccc1-c1ccc(Cn2ccnc2)cc1. The van der Waals surface area contributed by atoms with Gasteiger partial charge in [-0.2, -0.15) is 0 Å². The molecule has 3 aromatic rings. The van der Waals surface area contributed by atoms with Gasteiger partial charge in [0.2, 0.25) is 5.91 Å². The van der Waals surface area contributed by atoms with E-state index in [2.05, 4.69) is 40.6 Å². The van der Waals surface area contributed by atoms with Crippen molar-refractivity contribution in [2.24, 2.45) is 0 Å². The molecule has 160 valence electrons. The summed E-state index contributed by atoms with van der Waals surface area (Å²) in [7, 11) is 1.34. The van der Waals surface area contributed by atoms with E-state index in [0.29, 0.717) is 19.5 Å². The first-order valence-electron chi connectivity index (χ1n) is 10.4. The maximum absolute atomic E-state index is 12.7. The van der Waals surface area contributed by atoms with Crippen molar-refractivity contribution >= 4 is 12.0 Å². The number of hydrogen-bond donors (Lipinski definition) is 1. The number of hydrogen-bond acceptors (Lipinski definition) is 4. The van der Waals surface area contributed by atoms with Crippen molar-refractivity contribution in [1.82, 2.24) is 19.8 Å². The van der Waals surface area contributed by atoms with Crippen molar-refractivity contribution in [1.29, 1.82) is 0 Å². The van der Waals surface area contributed by atoms with E-state index in [4.69, 9.17) is 4.74 Å². The van der Waals surface area contributed by atoms with E-state index in [1.807, 2.05) is 29.0 Å². The second kappa shape index (κ2) is 9.47. The second-order valence-corrected chi connectivity index (χ2v) is 7.63. The van der Waals surface area contributed by atoms with Crippen LogP contribution in [0.5, 0.6) is 0 Å². The third-order valence-corrected chi connectivity index (χ3v) is 5.62. The minimum Gasteiger partial charge on any atom is -0.453 e. The number of rotatable bonds is 6. The molecule has 0 bridgehead atoms. The summed E-state index contributed by atoms with van der Waals surface area (Å²) >= 11 is 0. The summed E-state index contributed by atoms with van der Waals surface area (Å²) in [6, 6.07) is 16.0. The molecule has 1 unspecified atom stereocenters. The summed E-state index contributed by atoms with van der Waals surface area (Å²) in [4.78, 5) is 30.2. The van der Waals surface area contributed by atoms with Gasteiger partial charge in [-0.1, -0.05) is 48.5 Å². The van der Waals surface area contributed by atoms with E-state index >= 15 is 0 Å². The predicted octanol–water partition coefficient (Wildman–Crippen LogP) is 3.45. The quantitative estimate of drug-likeness (QED) is 0.665. The van der Waals surface area contributed by atoms with Crippen LogP contribution in [0.1, 0.15) is 24.0 Å². The molecule has 1 saturated heterocycles. The summed E-state index contributed by atoms with van der Waals surface area (Å²) in [5.41, 5.74) is 4.39. The zero-order valence-electron chi connectivity index (χ0n) is 17.5. The Bertz CT molecular complexity index is 1030. The number of nitrogens with zero attached hydrogens (tertiary/aromatic N) is 3. The van der Waals surface area contributed by atoms with Crippen molar-refractivity contribution in [3.63, 3.8) is 0 Å². The van der Waals surface area contributed by atoms with Crippen LogP contribution in [0.2, 0.25) is 0 Å². The van der Waals surface area contributed by atoms with Crippen molar-refractivity contribution in [2.45, 2.75) is 32.0 Å². The maximum Gasteiger partial charge on any atom is 0.410 e. The number of benzene rings is 2. The lowest BCUT2D eigenvalue weighted by molar-refractivity contribution is -0.125. The lowest BCUT2D eigenvalue weighted by Gasteiger charge is -2.22. The van der Waals surface area contributed by atoms with Gasteiger partial charge in [0.1, 0.15) is 6.04 Å². The average molecular weight is 418 g/mol. The zero-order valence-corrected chi connectivity index (χ0v) is 17.5. The van der Waals surface area contributed by atoms with E-state index < -0.39 is 12.1 Å². The molecule has 0 aliphatic carbocycles. The molecule has 1 aliphatic heterocycles. The van der Waals surface area contributed by atoms with Gasteiger partial charge in [0, 0.05) is 32.0 Å². The number of imidazole rings is 1. The second-order valence-electron chi connectivity index (χ2n) is 7.63. The Morgan fingerprint density at radius 1 is 1.16 bits per heavy atom. The van der Waals surface area contributed by atoms with Gasteiger partial charge in [-0.25, -0.2) is 9.78 Å². The smallest absolute Gasteiger partial charge is 0.410 e. The number of carbonyl (C=O) groups excluding carboxylic acids is 2. The van der Waals surface area contributed by atoms with Gasteiger partial charge in [0.25, 0.3) is 0 Å². The van der Waals surface area contributed by atoms with Gasteiger partial charge >= 0.3 is 6.09 Å². The fraction of sp³-hybridized carbons (Fsp3) is 0.292. The average Bonchev–Trinajstić information content (AvgIpc) is 3.50. The third kappa shape index (κ3) is 4.77. The lowest BCUT2D eigenvalue weighted by Crippen LogP contribution is -2.45. The normalized spacial score (nSPS) is 15.6. The largest absolute Gasteiger partial charge is 0.453 e. The predicted molar refractivity (Wildman–Crippen MR) is 117 cm³/mol. The van der Waals surface area contributed by atoms with E-state index in [0.717, 1.165) is 29.7 Å². The Morgan fingerprint density at radius 3 is 2.71 bits per heavy atom. The molecule has 0 saturated carbocycles. The molecule has 1 atom stereocenters. The molecule has 0 radical (unpaired) electrons. The topological polar surface area (TPSA) is 76.5 Å². The summed E-state index contributed by atoms with van der Waals surface area (Å²) < 4.78 is 6.83. The number of carbonyl (C=O) groups is 2. The fourth-order valence-electron chi connectivity index (χ4n) is 4.01. The highest BCUT2D eigenvalue weighted by Crippen LogP contribution is 2.25. The standard InChI is InChI=1S/C24H26N4O3/c1-31-24(30)28-13-4-7-22(28)23(29)26-15-20-5-2-3-6-21(20)19-10-8-18(9-11-19)16-27-14-12-25-17-27/h2-3,5-6,8-12,14,17,22H,4,7,13,15-16H2,1H3,(H,26,29). The number of likely N-dealkylation sites (tertiary alicyclic amines) is 1. The molecule has 4 rings (SSSR count). The van der Waals surface area contributed by atoms with Gasteiger partial charge < -0.3 is 14.6 Å². The van der Waals surface area contributed by atoms with Gasteiger partial charge in [-0.3, -0.25) is 9.69 Å². The number of aromatic nitrogens is 2. The van der Waals surface area contributed by atoms with Crippen LogP contribution in [-0.4, -0.2) is 46.1 Å². The Balaban J connectivity index is 1.44. The summed E-state index contributed by atoms with van der Waals surface area (Å²) in [5.74, 6) is -0.145. The molecular weight excluding hydrogens is 392 g/mol. The molecular formula is C24H26N4O3. The fourth-order valence-corrected chi connectivity index (χ4v) is 4.01. The van der Waals surface area contributed by atoms with Crippen LogP contribution in [0.15, 0.2) is 67.3 Å². The van der Waals surface area contributed by atoms with Crippen LogP contribution < -0.4 is 5.32 Å². The Kier molecular flexibility index (Phi) is 6.31. The summed E-state index contributed by atoms with van der Waals surface area (Å²) in [6.07, 6.45) is 6.52. The van der Waals surface area contributed by atoms with Crippen LogP contribution in [0, 0.1) is 0 Å². The van der Waals surface area contributed by atoms with Crippen LogP contribution in [0.3, 0.4) is 0 Å². The molecule has 2 heterocycles. The van der Waals surface area contributed by atoms with E-state index in [1.165, 1.54) is 17.6 Å². The highest BCUT2D eigenvalue weighted by molar-refractivity contribution is 5.86. The molecule has 2 amide bonds. The monoisotopic (exact) mass is 418 g/mol. The van der Waals surface area contributed by atoms with Gasteiger partial charge in [0.05, 0.1) is 13.4 Å². The van der Waals surface area contributed by atoms with Gasteiger partial charge in [-0.05, 0) is 35.1 Å². The van der Waals surface area contributed by atoms with Crippen LogP contribution >= 0.6 is 0 Å². The summed E-state index contributed by atoms with van der Waals surface area (Å²) in [6.45, 7) is 1.72. The Labute approximate surface area is 181 Å². The van der Waals surface area contributed by atoms with Gasteiger partial charge in [0.15, 0.2) is 0 Å². The highest BCUT2D eigenvalue weighted by Gasteiger charge is 2.34. The first-order chi connectivity index (χ1) is 15.2. The Morgan fingerprint density at radius 2 is 1.97 bits per heavy atom. The van der Waals surface area contributed by atoms with E-state index in [1.54, 1.807) is 12.5 Å². The molecule has 0 spiro atoms. The maximum atomic E-state index is 12.7. The number of amides is 2. The molecule has 1 aliphatic rings. The summed E-state index contributed by atoms with van der Waals surface area (Å²) in [5, 5.41) is 3.00. The van der Waals surface area contributed by atoms with Crippen molar-refractivity contribution < 1.29 is 14.3 Å². The van der Waals surface area contributed by atoms with Crippen molar-refractivity contribution in [2.75, 3.05) is 13.7 Å². The Hall–Kier alpha value is -3.61. The van der Waals surface area contributed by atoms with E-state index in [-0.39, 0.29) is 5.91 Å². The molecule has 1 N–H and O–H groups in total. The van der Waals surface area contributed by atoms with Crippen LogP contribution in [-0.2, 0) is 22.6 Å². The van der Waals surface area contributed by atoms with E-state index in [9.17, 15) is 9.59 Å². The lowest BCUT2D eigenvalue weighted by atomic mass is 9.98. The first kappa shape index (κ1) is 20.7. The molecule has 31 heavy (non-hydrogen) atoms. The number of ether oxygens (including phenoxy) is 1. The zero-order chi connectivity index (χ0) is 21.6. The molecule has 1 aromatic heterocycles. The molecule has 1 fully saturated rings. The molecule has 2 aromatic carbocycles. The number of nitrogens with one attached hydrogen (secondary N) is 1. The number of methoxy groups -OCH3 is 1. The van der Waals surface area contributed by atoms with Crippen molar-refractivity contribution in [3.05, 3.63) is 78.4 Å². The third-order valence-electron chi connectivity index (χ3n) is 5.62. The highest BCUT2D eigenvalue weighted by atomic mass is 16.5. The first-order valence-corrected chi connectivity index (χ1v) is 10.4. The molecule has 7 heteroatoms. The van der Waals surface area contributed by atoms with Crippen molar-refractivity contribution in [3.8, 4) is 11.1 Å². The van der Waals surface area contributed by atoms with Gasteiger partial charge in [-0.15, -0.1) is 0 Å². The minimum absolute atomic E-state index is 0.145.